The lowest BCUT2D eigenvalue weighted by molar-refractivity contribution is -0.131. The zero-order chi connectivity index (χ0) is 14.5. The molecule has 1 rings (SSSR count). The van der Waals surface area contributed by atoms with E-state index in [1.54, 1.807) is 0 Å². The lowest BCUT2D eigenvalue weighted by Gasteiger charge is -2.45. The number of rotatable bonds is 6. The number of nitrogens with zero attached hydrogens (tertiary/aromatic N) is 1. The van der Waals surface area contributed by atoms with E-state index in [9.17, 15) is 14.7 Å². The zero-order valence-corrected chi connectivity index (χ0v) is 12.0. The zero-order valence-electron chi connectivity index (χ0n) is 12.0. The van der Waals surface area contributed by atoms with Crippen LogP contribution in [0.3, 0.4) is 0 Å². The van der Waals surface area contributed by atoms with Gasteiger partial charge in [-0.3, -0.25) is 15.0 Å². The number of nitrogens with one attached hydrogen (secondary N) is 2. The maximum atomic E-state index is 11.6. The van der Waals surface area contributed by atoms with Crippen LogP contribution in [-0.4, -0.2) is 53.7 Å². The minimum atomic E-state index is -0.653. The van der Waals surface area contributed by atoms with Crippen molar-refractivity contribution in [2.75, 3.05) is 26.2 Å². The van der Waals surface area contributed by atoms with Crippen molar-refractivity contribution in [3.05, 3.63) is 0 Å². The van der Waals surface area contributed by atoms with Gasteiger partial charge >= 0.3 is 6.03 Å². The standard InChI is InChI=1S/C13H25N3O3/c1-4-13(19)8-16(9-13)7-11(17)15-12(18)14-6-5-10(2)3/h10,19H,4-9H2,1-3H3,(H2,14,15,17,18). The average molecular weight is 271 g/mol. The van der Waals surface area contributed by atoms with Gasteiger partial charge in [0.05, 0.1) is 12.1 Å². The van der Waals surface area contributed by atoms with Crippen LogP contribution in [0.1, 0.15) is 33.6 Å². The maximum Gasteiger partial charge on any atom is 0.321 e. The van der Waals surface area contributed by atoms with Gasteiger partial charge in [0.1, 0.15) is 0 Å². The molecule has 0 aliphatic carbocycles. The highest BCUT2D eigenvalue weighted by molar-refractivity contribution is 5.95. The summed E-state index contributed by atoms with van der Waals surface area (Å²) < 4.78 is 0. The number of imide groups is 1. The third kappa shape index (κ3) is 5.57. The van der Waals surface area contributed by atoms with E-state index >= 15 is 0 Å². The fourth-order valence-corrected chi connectivity index (χ4v) is 2.01. The van der Waals surface area contributed by atoms with Crippen molar-refractivity contribution in [1.82, 2.24) is 15.5 Å². The van der Waals surface area contributed by atoms with Gasteiger partial charge < -0.3 is 10.4 Å². The first-order valence-electron chi connectivity index (χ1n) is 6.87. The maximum absolute atomic E-state index is 11.6. The Bertz CT molecular complexity index is 325. The first-order valence-corrected chi connectivity index (χ1v) is 6.87. The Morgan fingerprint density at radius 1 is 1.37 bits per heavy atom. The van der Waals surface area contributed by atoms with Gasteiger partial charge in [0, 0.05) is 19.6 Å². The van der Waals surface area contributed by atoms with Crippen molar-refractivity contribution in [1.29, 1.82) is 0 Å². The number of aliphatic hydroxyl groups is 1. The van der Waals surface area contributed by atoms with Gasteiger partial charge in [-0.25, -0.2) is 4.79 Å². The highest BCUT2D eigenvalue weighted by atomic mass is 16.3. The molecule has 0 aromatic carbocycles. The van der Waals surface area contributed by atoms with Gasteiger partial charge in [0.2, 0.25) is 5.91 Å². The summed E-state index contributed by atoms with van der Waals surface area (Å²) in [7, 11) is 0. The molecule has 1 saturated heterocycles. The van der Waals surface area contributed by atoms with Gasteiger partial charge in [-0.2, -0.15) is 0 Å². The second-order valence-electron chi connectivity index (χ2n) is 5.71. The lowest BCUT2D eigenvalue weighted by Crippen LogP contribution is -2.63. The molecule has 3 N–H and O–H groups in total. The molecule has 6 nitrogen and oxygen atoms in total. The molecule has 0 saturated carbocycles. The van der Waals surface area contributed by atoms with E-state index in [4.69, 9.17) is 0 Å². The second kappa shape index (κ2) is 6.86. The number of β-amino-alcohol motifs (C(OH)–C–C–N with tert-alkyl or cyclic N) is 1. The van der Waals surface area contributed by atoms with Crippen LogP contribution >= 0.6 is 0 Å². The summed E-state index contributed by atoms with van der Waals surface area (Å²) in [5.41, 5.74) is -0.653. The molecule has 0 atom stereocenters. The lowest BCUT2D eigenvalue weighted by atomic mass is 9.91. The fraction of sp³-hybridized carbons (Fsp3) is 0.846. The van der Waals surface area contributed by atoms with E-state index in [0.717, 1.165) is 6.42 Å². The Labute approximate surface area is 114 Å². The number of amides is 3. The topological polar surface area (TPSA) is 81.7 Å². The van der Waals surface area contributed by atoms with Crippen LogP contribution in [0.25, 0.3) is 0 Å². The highest BCUT2D eigenvalue weighted by Gasteiger charge is 2.39. The van der Waals surface area contributed by atoms with Crippen molar-refractivity contribution in [3.8, 4) is 0 Å². The second-order valence-corrected chi connectivity index (χ2v) is 5.71. The van der Waals surface area contributed by atoms with E-state index in [1.165, 1.54) is 0 Å². The number of likely N-dealkylation sites (tertiary alicyclic amines) is 1. The molecule has 1 fully saturated rings. The Balaban J connectivity index is 2.13. The monoisotopic (exact) mass is 271 g/mol. The fourth-order valence-electron chi connectivity index (χ4n) is 2.01. The van der Waals surface area contributed by atoms with Crippen LogP contribution in [0.2, 0.25) is 0 Å². The highest BCUT2D eigenvalue weighted by Crippen LogP contribution is 2.23. The molecule has 0 aromatic rings. The van der Waals surface area contributed by atoms with Crippen LogP contribution in [0.15, 0.2) is 0 Å². The largest absolute Gasteiger partial charge is 0.387 e. The van der Waals surface area contributed by atoms with Gasteiger partial charge in [-0.05, 0) is 18.8 Å². The molecule has 19 heavy (non-hydrogen) atoms. The smallest absolute Gasteiger partial charge is 0.321 e. The predicted molar refractivity (Wildman–Crippen MR) is 72.7 cm³/mol. The molecule has 1 heterocycles. The van der Waals surface area contributed by atoms with Crippen LogP contribution in [-0.2, 0) is 4.79 Å². The van der Waals surface area contributed by atoms with Crippen LogP contribution < -0.4 is 10.6 Å². The molecule has 0 radical (unpaired) electrons. The Hall–Kier alpha value is -1.14. The molecule has 0 aromatic heterocycles. The third-order valence-electron chi connectivity index (χ3n) is 3.32. The summed E-state index contributed by atoms with van der Waals surface area (Å²) in [4.78, 5) is 24.8. The summed E-state index contributed by atoms with van der Waals surface area (Å²) in [6.45, 7) is 7.76. The Morgan fingerprint density at radius 2 is 2.00 bits per heavy atom. The Kier molecular flexibility index (Phi) is 5.75. The number of urea groups is 1. The van der Waals surface area contributed by atoms with Gasteiger partial charge in [0.15, 0.2) is 0 Å². The van der Waals surface area contributed by atoms with E-state index in [-0.39, 0.29) is 12.5 Å². The van der Waals surface area contributed by atoms with E-state index in [0.29, 0.717) is 32.0 Å². The van der Waals surface area contributed by atoms with E-state index in [2.05, 4.69) is 24.5 Å². The summed E-state index contributed by atoms with van der Waals surface area (Å²) in [5, 5.41) is 14.7. The van der Waals surface area contributed by atoms with Gasteiger partial charge in [-0.15, -0.1) is 0 Å². The summed E-state index contributed by atoms with van der Waals surface area (Å²) in [6, 6.07) is -0.447. The van der Waals surface area contributed by atoms with Crippen molar-refractivity contribution in [2.45, 2.75) is 39.2 Å². The van der Waals surface area contributed by atoms with Crippen LogP contribution in [0, 0.1) is 5.92 Å². The molecular formula is C13H25N3O3. The normalized spacial score (nSPS) is 17.9. The average Bonchev–Trinajstić information content (AvgIpc) is 2.25. The molecule has 110 valence electrons. The summed E-state index contributed by atoms with van der Waals surface area (Å²) >= 11 is 0. The van der Waals surface area contributed by atoms with Crippen LogP contribution in [0.4, 0.5) is 4.79 Å². The minimum Gasteiger partial charge on any atom is -0.387 e. The van der Waals surface area contributed by atoms with Crippen molar-refractivity contribution in [2.24, 2.45) is 5.92 Å². The SMILES string of the molecule is CCC1(O)CN(CC(=O)NC(=O)NCCC(C)C)C1. The molecule has 0 bridgehead atoms. The number of carbonyl (C=O) groups is 2. The van der Waals surface area contributed by atoms with Crippen molar-refractivity contribution in [3.63, 3.8) is 0 Å². The molecule has 0 unspecified atom stereocenters. The molecule has 3 amide bonds. The summed E-state index contributed by atoms with van der Waals surface area (Å²) in [5.74, 6) is 0.184. The minimum absolute atomic E-state index is 0.153. The molecule has 0 spiro atoms. The first-order chi connectivity index (χ1) is 8.84. The van der Waals surface area contributed by atoms with Crippen molar-refractivity contribution >= 4 is 11.9 Å². The van der Waals surface area contributed by atoms with Gasteiger partial charge in [0.25, 0.3) is 0 Å². The molecule has 6 heteroatoms. The summed E-state index contributed by atoms with van der Waals surface area (Å²) in [6.07, 6.45) is 1.57. The number of hydrogen-bond acceptors (Lipinski definition) is 4. The quantitative estimate of drug-likeness (QED) is 0.649. The molecule has 1 aliphatic heterocycles. The third-order valence-corrected chi connectivity index (χ3v) is 3.32. The molecular weight excluding hydrogens is 246 g/mol. The first kappa shape index (κ1) is 15.9. The Morgan fingerprint density at radius 3 is 2.53 bits per heavy atom. The van der Waals surface area contributed by atoms with E-state index < -0.39 is 11.6 Å². The molecule has 1 aliphatic rings. The van der Waals surface area contributed by atoms with E-state index in [1.807, 2.05) is 11.8 Å². The predicted octanol–water partition coefficient (Wildman–Crippen LogP) is 0.315. The van der Waals surface area contributed by atoms with Crippen LogP contribution in [0.5, 0.6) is 0 Å². The number of carbonyl (C=O) groups excluding carboxylic acids is 2. The van der Waals surface area contributed by atoms with Gasteiger partial charge in [-0.1, -0.05) is 20.8 Å². The van der Waals surface area contributed by atoms with Crippen molar-refractivity contribution < 1.29 is 14.7 Å². The number of hydrogen-bond donors (Lipinski definition) is 3.